The SMILES string of the molecule is COC(=O)CCCCCNC(=O)c1ccnn1C. The monoisotopic (exact) mass is 253 g/mol. The summed E-state index contributed by atoms with van der Waals surface area (Å²) in [4.78, 5) is 22.5. The van der Waals surface area contributed by atoms with Gasteiger partial charge in [-0.25, -0.2) is 0 Å². The molecule has 1 aromatic rings. The van der Waals surface area contributed by atoms with E-state index >= 15 is 0 Å². The molecule has 1 amide bonds. The number of rotatable bonds is 7. The molecule has 0 fully saturated rings. The fourth-order valence-electron chi connectivity index (χ4n) is 1.56. The molecule has 0 spiro atoms. The van der Waals surface area contributed by atoms with E-state index in [0.29, 0.717) is 18.7 Å². The Balaban J connectivity index is 2.10. The van der Waals surface area contributed by atoms with Gasteiger partial charge in [0, 0.05) is 26.2 Å². The van der Waals surface area contributed by atoms with Gasteiger partial charge >= 0.3 is 5.97 Å². The van der Waals surface area contributed by atoms with E-state index in [1.165, 1.54) is 11.8 Å². The highest BCUT2D eigenvalue weighted by atomic mass is 16.5. The van der Waals surface area contributed by atoms with E-state index in [9.17, 15) is 9.59 Å². The zero-order valence-electron chi connectivity index (χ0n) is 10.8. The number of carbonyl (C=O) groups excluding carboxylic acids is 2. The summed E-state index contributed by atoms with van der Waals surface area (Å²) >= 11 is 0. The summed E-state index contributed by atoms with van der Waals surface area (Å²) in [6.45, 7) is 0.602. The molecule has 1 heterocycles. The normalized spacial score (nSPS) is 10.1. The van der Waals surface area contributed by atoms with E-state index in [-0.39, 0.29) is 11.9 Å². The van der Waals surface area contributed by atoms with Crippen LogP contribution in [0.5, 0.6) is 0 Å². The van der Waals surface area contributed by atoms with Gasteiger partial charge in [0.1, 0.15) is 5.69 Å². The van der Waals surface area contributed by atoms with Crippen molar-refractivity contribution in [2.24, 2.45) is 7.05 Å². The van der Waals surface area contributed by atoms with Crippen LogP contribution in [0.15, 0.2) is 12.3 Å². The van der Waals surface area contributed by atoms with Crippen LogP contribution < -0.4 is 5.32 Å². The van der Waals surface area contributed by atoms with Crippen molar-refractivity contribution in [2.75, 3.05) is 13.7 Å². The summed E-state index contributed by atoms with van der Waals surface area (Å²) in [6, 6.07) is 1.67. The smallest absolute Gasteiger partial charge is 0.305 e. The molecule has 1 N–H and O–H groups in total. The summed E-state index contributed by atoms with van der Waals surface area (Å²) in [5, 5.41) is 6.74. The minimum Gasteiger partial charge on any atom is -0.469 e. The average Bonchev–Trinajstić information content (AvgIpc) is 2.79. The van der Waals surface area contributed by atoms with Crippen molar-refractivity contribution in [1.82, 2.24) is 15.1 Å². The summed E-state index contributed by atoms with van der Waals surface area (Å²) in [7, 11) is 3.11. The first-order chi connectivity index (χ1) is 8.65. The van der Waals surface area contributed by atoms with Gasteiger partial charge in [0.15, 0.2) is 0 Å². The lowest BCUT2D eigenvalue weighted by Crippen LogP contribution is -2.26. The van der Waals surface area contributed by atoms with Crippen LogP contribution in [-0.2, 0) is 16.6 Å². The minimum atomic E-state index is -0.186. The molecule has 0 aliphatic carbocycles. The number of methoxy groups -OCH3 is 1. The maximum absolute atomic E-state index is 11.7. The molecule has 18 heavy (non-hydrogen) atoms. The molecule has 0 atom stereocenters. The van der Waals surface area contributed by atoms with Gasteiger partial charge < -0.3 is 10.1 Å². The second-order valence-corrected chi connectivity index (χ2v) is 3.98. The summed E-state index contributed by atoms with van der Waals surface area (Å²) < 4.78 is 6.07. The Morgan fingerprint density at radius 2 is 2.17 bits per heavy atom. The van der Waals surface area contributed by atoms with E-state index < -0.39 is 0 Å². The van der Waals surface area contributed by atoms with Crippen molar-refractivity contribution in [3.8, 4) is 0 Å². The first-order valence-electron chi connectivity index (χ1n) is 5.98. The van der Waals surface area contributed by atoms with Crippen LogP contribution in [0.25, 0.3) is 0 Å². The van der Waals surface area contributed by atoms with E-state index in [1.807, 2.05) is 0 Å². The Kier molecular flexibility index (Phi) is 5.90. The van der Waals surface area contributed by atoms with Crippen LogP contribution >= 0.6 is 0 Å². The number of carbonyl (C=O) groups is 2. The predicted molar refractivity (Wildman–Crippen MR) is 66.0 cm³/mol. The zero-order chi connectivity index (χ0) is 13.4. The number of aromatic nitrogens is 2. The molecule has 0 aliphatic rings. The Morgan fingerprint density at radius 1 is 1.39 bits per heavy atom. The number of nitrogens with zero attached hydrogens (tertiary/aromatic N) is 2. The van der Waals surface area contributed by atoms with Crippen LogP contribution in [0.1, 0.15) is 36.2 Å². The molecule has 0 bridgehead atoms. The summed E-state index contributed by atoms with van der Waals surface area (Å²) in [5.74, 6) is -0.308. The standard InChI is InChI=1S/C12H19N3O3/c1-15-10(7-9-14-15)12(17)13-8-5-3-4-6-11(16)18-2/h7,9H,3-6,8H2,1-2H3,(H,13,17). The number of amides is 1. The lowest BCUT2D eigenvalue weighted by molar-refractivity contribution is -0.140. The quantitative estimate of drug-likeness (QED) is 0.578. The van der Waals surface area contributed by atoms with Crippen molar-refractivity contribution in [1.29, 1.82) is 0 Å². The Labute approximate surface area is 106 Å². The number of aryl methyl sites for hydroxylation is 1. The summed E-state index contributed by atoms with van der Waals surface area (Å²) in [5.41, 5.74) is 0.546. The largest absolute Gasteiger partial charge is 0.469 e. The van der Waals surface area contributed by atoms with E-state index in [4.69, 9.17) is 0 Å². The lowest BCUT2D eigenvalue weighted by Gasteiger charge is -2.05. The fraction of sp³-hybridized carbons (Fsp3) is 0.583. The molecule has 0 aliphatic heterocycles. The zero-order valence-corrected chi connectivity index (χ0v) is 10.8. The van der Waals surface area contributed by atoms with Crippen LogP contribution in [0.2, 0.25) is 0 Å². The van der Waals surface area contributed by atoms with Crippen LogP contribution in [0, 0.1) is 0 Å². The second-order valence-electron chi connectivity index (χ2n) is 3.98. The van der Waals surface area contributed by atoms with Crippen molar-refractivity contribution in [3.63, 3.8) is 0 Å². The number of ether oxygens (including phenoxy) is 1. The maximum atomic E-state index is 11.7. The van der Waals surface area contributed by atoms with E-state index in [1.54, 1.807) is 19.3 Å². The third-order valence-electron chi connectivity index (χ3n) is 2.62. The third kappa shape index (κ3) is 4.57. The van der Waals surface area contributed by atoms with Crippen molar-refractivity contribution in [2.45, 2.75) is 25.7 Å². The molecule has 1 aromatic heterocycles. The van der Waals surface area contributed by atoms with Crippen LogP contribution in [0.4, 0.5) is 0 Å². The van der Waals surface area contributed by atoms with Gasteiger partial charge in [-0.2, -0.15) is 5.10 Å². The van der Waals surface area contributed by atoms with Gasteiger partial charge in [-0.1, -0.05) is 6.42 Å². The van der Waals surface area contributed by atoms with Gasteiger partial charge in [0.05, 0.1) is 7.11 Å². The average molecular weight is 253 g/mol. The second kappa shape index (κ2) is 7.47. The summed E-state index contributed by atoms with van der Waals surface area (Å²) in [6.07, 6.45) is 4.55. The Morgan fingerprint density at radius 3 is 2.78 bits per heavy atom. The first kappa shape index (κ1) is 14.2. The molecule has 6 nitrogen and oxygen atoms in total. The van der Waals surface area contributed by atoms with E-state index in [2.05, 4.69) is 15.2 Å². The topological polar surface area (TPSA) is 73.2 Å². The molecular weight excluding hydrogens is 234 g/mol. The van der Waals surface area contributed by atoms with Gasteiger partial charge in [0.25, 0.3) is 5.91 Å². The molecule has 0 radical (unpaired) electrons. The highest BCUT2D eigenvalue weighted by molar-refractivity contribution is 5.92. The Hall–Kier alpha value is -1.85. The van der Waals surface area contributed by atoms with Gasteiger partial charge in [-0.3, -0.25) is 14.3 Å². The predicted octanol–water partition coefficient (Wildman–Crippen LogP) is 0.883. The molecule has 0 saturated heterocycles. The maximum Gasteiger partial charge on any atom is 0.305 e. The highest BCUT2D eigenvalue weighted by Crippen LogP contribution is 2.01. The lowest BCUT2D eigenvalue weighted by atomic mass is 10.2. The molecular formula is C12H19N3O3. The molecule has 0 unspecified atom stereocenters. The van der Waals surface area contributed by atoms with Crippen molar-refractivity contribution >= 4 is 11.9 Å². The van der Waals surface area contributed by atoms with Crippen LogP contribution in [0.3, 0.4) is 0 Å². The van der Waals surface area contributed by atoms with Crippen molar-refractivity contribution in [3.05, 3.63) is 18.0 Å². The number of nitrogens with one attached hydrogen (secondary N) is 1. The Bertz CT molecular complexity index is 401. The number of unbranched alkanes of at least 4 members (excludes halogenated alkanes) is 2. The van der Waals surface area contributed by atoms with E-state index in [0.717, 1.165) is 19.3 Å². The van der Waals surface area contributed by atoms with Crippen molar-refractivity contribution < 1.29 is 14.3 Å². The molecule has 1 rings (SSSR count). The number of esters is 1. The molecule has 6 heteroatoms. The fourth-order valence-corrected chi connectivity index (χ4v) is 1.56. The molecule has 0 aromatic carbocycles. The van der Waals surface area contributed by atoms with Gasteiger partial charge in [-0.15, -0.1) is 0 Å². The van der Waals surface area contributed by atoms with Crippen LogP contribution in [-0.4, -0.2) is 35.3 Å². The number of hydrogen-bond acceptors (Lipinski definition) is 4. The highest BCUT2D eigenvalue weighted by Gasteiger charge is 2.08. The van der Waals surface area contributed by atoms with Gasteiger partial charge in [0.2, 0.25) is 0 Å². The molecule has 100 valence electrons. The first-order valence-corrected chi connectivity index (χ1v) is 5.98. The minimum absolute atomic E-state index is 0.122. The molecule has 0 saturated carbocycles. The number of hydrogen-bond donors (Lipinski definition) is 1. The third-order valence-corrected chi connectivity index (χ3v) is 2.62. The van der Waals surface area contributed by atoms with Gasteiger partial charge in [-0.05, 0) is 18.9 Å².